The van der Waals surface area contributed by atoms with E-state index in [1.54, 1.807) is 11.0 Å². The van der Waals surface area contributed by atoms with Crippen molar-refractivity contribution < 1.29 is 28.5 Å². The van der Waals surface area contributed by atoms with Crippen molar-refractivity contribution in [3.63, 3.8) is 0 Å². The van der Waals surface area contributed by atoms with Crippen molar-refractivity contribution in [2.45, 2.75) is 6.42 Å². The molecule has 170 valence electrons. The van der Waals surface area contributed by atoms with Crippen LogP contribution in [0.4, 0.5) is 0 Å². The highest BCUT2D eigenvalue weighted by atomic mass is 35.5. The number of morpholine rings is 1. The molecule has 3 rings (SSSR count). The lowest BCUT2D eigenvalue weighted by Gasteiger charge is -2.28. The smallest absolute Gasteiger partial charge is 0.258 e. The van der Waals surface area contributed by atoms with Gasteiger partial charge in [-0.25, -0.2) is 0 Å². The Labute approximate surface area is 188 Å². The summed E-state index contributed by atoms with van der Waals surface area (Å²) < 4.78 is 28.0. The summed E-state index contributed by atoms with van der Waals surface area (Å²) in [4.78, 5) is 14.9. The first kappa shape index (κ1) is 24.6. The van der Waals surface area contributed by atoms with E-state index in [2.05, 4.69) is 0 Å². The van der Waals surface area contributed by atoms with Crippen LogP contribution < -0.4 is 24.7 Å². The fraction of sp³-hybridized carbons (Fsp3) is 0.409. The number of ether oxygens (including phenoxy) is 5. The molecule has 1 aliphatic rings. The zero-order valence-electron chi connectivity index (χ0n) is 18.0. The Kier molecular flexibility index (Phi) is 9.23. The highest BCUT2D eigenvalue weighted by Crippen LogP contribution is 2.48. The third-order valence-electron chi connectivity index (χ3n) is 4.88. The average Bonchev–Trinajstić information content (AvgIpc) is 2.79. The molecule has 0 radical (unpaired) electrons. The van der Waals surface area contributed by atoms with Crippen LogP contribution >= 0.6 is 12.4 Å². The summed E-state index contributed by atoms with van der Waals surface area (Å²) in [5.41, 5.74) is 7.07. The number of benzene rings is 2. The molecule has 0 unspecified atom stereocenters. The van der Waals surface area contributed by atoms with E-state index in [1.165, 1.54) is 21.3 Å². The Hall–Kier alpha value is -2.68. The summed E-state index contributed by atoms with van der Waals surface area (Å²) in [6, 6.07) is 9.24. The Bertz CT molecular complexity index is 869. The zero-order chi connectivity index (χ0) is 21.5. The summed E-state index contributed by atoms with van der Waals surface area (Å²) >= 11 is 0. The van der Waals surface area contributed by atoms with Crippen LogP contribution in [0, 0.1) is 0 Å². The molecule has 2 aromatic carbocycles. The van der Waals surface area contributed by atoms with E-state index in [1.807, 2.05) is 24.3 Å². The third-order valence-corrected chi connectivity index (χ3v) is 4.88. The second-order valence-corrected chi connectivity index (χ2v) is 6.71. The largest absolute Gasteiger partial charge is 0.492 e. The Morgan fingerprint density at radius 1 is 1.00 bits per heavy atom. The lowest BCUT2D eigenvalue weighted by molar-refractivity contribution is 0.0300. The number of amides is 1. The monoisotopic (exact) mass is 452 g/mol. The molecule has 1 saturated heterocycles. The Morgan fingerprint density at radius 3 is 2.16 bits per heavy atom. The van der Waals surface area contributed by atoms with E-state index in [0.717, 1.165) is 12.0 Å². The molecule has 1 amide bonds. The van der Waals surface area contributed by atoms with Gasteiger partial charge in [-0.3, -0.25) is 4.79 Å². The minimum Gasteiger partial charge on any atom is -0.492 e. The van der Waals surface area contributed by atoms with Crippen LogP contribution in [0.5, 0.6) is 28.7 Å². The van der Waals surface area contributed by atoms with E-state index in [0.29, 0.717) is 67.2 Å². The van der Waals surface area contributed by atoms with Gasteiger partial charge in [0.25, 0.3) is 5.91 Å². The first-order valence-electron chi connectivity index (χ1n) is 9.79. The summed E-state index contributed by atoms with van der Waals surface area (Å²) in [7, 11) is 4.50. The molecule has 0 aromatic heterocycles. The quantitative estimate of drug-likeness (QED) is 0.658. The second kappa shape index (κ2) is 11.6. The van der Waals surface area contributed by atoms with Crippen LogP contribution in [0.3, 0.4) is 0 Å². The Balaban J connectivity index is 0.00000341. The van der Waals surface area contributed by atoms with Gasteiger partial charge in [-0.15, -0.1) is 12.4 Å². The van der Waals surface area contributed by atoms with Gasteiger partial charge in [-0.05, 0) is 30.7 Å². The topological polar surface area (TPSA) is 92.5 Å². The molecule has 2 N–H and O–H groups in total. The van der Waals surface area contributed by atoms with E-state index < -0.39 is 0 Å². The molecule has 1 heterocycles. The summed E-state index contributed by atoms with van der Waals surface area (Å²) in [6.45, 7) is 2.60. The first-order valence-corrected chi connectivity index (χ1v) is 9.79. The van der Waals surface area contributed by atoms with E-state index in [4.69, 9.17) is 29.4 Å². The predicted octanol–water partition coefficient (Wildman–Crippen LogP) is 2.90. The number of hydrogen-bond donors (Lipinski definition) is 1. The van der Waals surface area contributed by atoms with Crippen LogP contribution in [-0.2, 0) is 11.2 Å². The number of nitrogens with two attached hydrogens (primary N) is 1. The zero-order valence-corrected chi connectivity index (χ0v) is 18.8. The number of halogens is 1. The molecule has 0 atom stereocenters. The maximum absolute atomic E-state index is 13.2. The van der Waals surface area contributed by atoms with Crippen LogP contribution in [0.2, 0.25) is 0 Å². The van der Waals surface area contributed by atoms with Gasteiger partial charge in [-0.1, -0.05) is 12.1 Å². The van der Waals surface area contributed by atoms with Crippen LogP contribution in [0.25, 0.3) is 0 Å². The molecular formula is C22H29ClN2O6. The number of rotatable bonds is 8. The van der Waals surface area contributed by atoms with Crippen LogP contribution in [0.1, 0.15) is 15.9 Å². The molecule has 0 aliphatic carbocycles. The van der Waals surface area contributed by atoms with Crippen molar-refractivity contribution in [3.8, 4) is 28.7 Å². The number of carbonyl (C=O) groups is 1. The summed E-state index contributed by atoms with van der Waals surface area (Å²) in [6.07, 6.45) is 0.790. The lowest BCUT2D eigenvalue weighted by Crippen LogP contribution is -2.40. The fourth-order valence-electron chi connectivity index (χ4n) is 3.37. The molecule has 31 heavy (non-hydrogen) atoms. The van der Waals surface area contributed by atoms with Crippen molar-refractivity contribution in [2.75, 3.05) is 54.2 Å². The van der Waals surface area contributed by atoms with Crippen molar-refractivity contribution in [3.05, 3.63) is 41.5 Å². The molecule has 2 aromatic rings. The highest BCUT2D eigenvalue weighted by molar-refractivity contribution is 5.99. The van der Waals surface area contributed by atoms with Crippen LogP contribution in [-0.4, -0.2) is 65.0 Å². The molecule has 8 nitrogen and oxygen atoms in total. The summed E-state index contributed by atoms with van der Waals surface area (Å²) in [5, 5.41) is 0. The fourth-order valence-corrected chi connectivity index (χ4v) is 3.37. The molecule has 1 fully saturated rings. The standard InChI is InChI=1S/C22H28N2O6.ClH/c1-26-19-17(22(25)24-10-12-29-13-11-24)14-18(20(27-2)21(19)28-3)30-16-6-4-15(5-7-16)8-9-23;/h4-7,14H,8-13,23H2,1-3H3;1H. The van der Waals surface area contributed by atoms with E-state index in [-0.39, 0.29) is 18.3 Å². The first-order chi connectivity index (χ1) is 14.6. The molecule has 0 spiro atoms. The predicted molar refractivity (Wildman–Crippen MR) is 119 cm³/mol. The van der Waals surface area contributed by atoms with Gasteiger partial charge in [0.1, 0.15) is 5.75 Å². The average molecular weight is 453 g/mol. The summed E-state index contributed by atoms with van der Waals surface area (Å²) in [5.74, 6) is 1.73. The molecule has 0 saturated carbocycles. The third kappa shape index (κ3) is 5.52. The minimum absolute atomic E-state index is 0. The lowest BCUT2D eigenvalue weighted by atomic mass is 10.1. The van der Waals surface area contributed by atoms with Crippen LogP contribution in [0.15, 0.2) is 30.3 Å². The van der Waals surface area contributed by atoms with Gasteiger partial charge < -0.3 is 34.3 Å². The maximum atomic E-state index is 13.2. The number of carbonyl (C=O) groups excluding carboxylic acids is 1. The van der Waals surface area contributed by atoms with Crippen molar-refractivity contribution >= 4 is 18.3 Å². The molecule has 0 bridgehead atoms. The van der Waals surface area contributed by atoms with Gasteiger partial charge >= 0.3 is 0 Å². The maximum Gasteiger partial charge on any atom is 0.258 e. The normalized spacial score (nSPS) is 13.2. The van der Waals surface area contributed by atoms with E-state index in [9.17, 15) is 4.79 Å². The SMILES string of the molecule is COc1c(Oc2ccc(CCN)cc2)cc(C(=O)N2CCOCC2)c(OC)c1OC.Cl. The van der Waals surface area contributed by atoms with E-state index >= 15 is 0 Å². The van der Waals surface area contributed by atoms with Gasteiger partial charge in [0.15, 0.2) is 11.5 Å². The number of methoxy groups -OCH3 is 3. The highest BCUT2D eigenvalue weighted by Gasteiger charge is 2.29. The molecule has 9 heteroatoms. The van der Waals surface area contributed by atoms with Crippen molar-refractivity contribution in [1.82, 2.24) is 4.90 Å². The van der Waals surface area contributed by atoms with Crippen molar-refractivity contribution in [1.29, 1.82) is 0 Å². The van der Waals surface area contributed by atoms with Gasteiger partial charge in [0, 0.05) is 19.2 Å². The van der Waals surface area contributed by atoms with Gasteiger partial charge in [0.2, 0.25) is 11.5 Å². The number of nitrogens with zero attached hydrogens (tertiary/aromatic N) is 1. The van der Waals surface area contributed by atoms with Gasteiger partial charge in [-0.2, -0.15) is 0 Å². The second-order valence-electron chi connectivity index (χ2n) is 6.71. The number of hydrogen-bond acceptors (Lipinski definition) is 7. The molecule has 1 aliphatic heterocycles. The molecular weight excluding hydrogens is 424 g/mol. The minimum atomic E-state index is -0.181. The van der Waals surface area contributed by atoms with Crippen molar-refractivity contribution in [2.24, 2.45) is 5.73 Å². The van der Waals surface area contributed by atoms with Gasteiger partial charge in [0.05, 0.1) is 40.1 Å². The Morgan fingerprint density at radius 2 is 1.61 bits per heavy atom.